The molecule has 3 aromatic heterocycles. The van der Waals surface area contributed by atoms with Crippen LogP contribution in [0.5, 0.6) is 0 Å². The van der Waals surface area contributed by atoms with Crippen LogP contribution in [-0.2, 0) is 4.74 Å². The van der Waals surface area contributed by atoms with Crippen molar-refractivity contribution in [2.75, 3.05) is 12.0 Å². The van der Waals surface area contributed by atoms with Crippen molar-refractivity contribution in [1.82, 2.24) is 20.4 Å². The largest absolute Gasteiger partial charge is 0.461 e. The number of anilines is 1. The highest BCUT2D eigenvalue weighted by Gasteiger charge is 2.14. The Morgan fingerprint density at radius 3 is 2.64 bits per heavy atom. The number of carbonyl (C=O) groups is 2. The number of amides is 1. The summed E-state index contributed by atoms with van der Waals surface area (Å²) in [5.74, 6) is -0.899. The number of ether oxygens (including phenoxy) is 1. The minimum absolute atomic E-state index is 0.192. The molecular formula is C15H13N5O3S2. The van der Waals surface area contributed by atoms with Gasteiger partial charge in [-0.15, -0.1) is 22.7 Å². The highest BCUT2D eigenvalue weighted by Crippen LogP contribution is 2.22. The van der Waals surface area contributed by atoms with Gasteiger partial charge in [0.25, 0.3) is 5.91 Å². The molecule has 128 valence electrons. The lowest BCUT2D eigenvalue weighted by Gasteiger charge is -2.03. The molecule has 10 heteroatoms. The van der Waals surface area contributed by atoms with Gasteiger partial charge in [0, 0.05) is 28.7 Å². The zero-order valence-corrected chi connectivity index (χ0v) is 14.7. The molecule has 0 saturated carbocycles. The Kier molecular flexibility index (Phi) is 5.31. The molecule has 0 fully saturated rings. The molecule has 1 amide bonds. The number of pyridine rings is 1. The van der Waals surface area contributed by atoms with Gasteiger partial charge in [-0.25, -0.2) is 14.8 Å². The number of nitrogens with one attached hydrogen (secondary N) is 2. The van der Waals surface area contributed by atoms with Crippen LogP contribution in [0.4, 0.5) is 5.13 Å². The Balaban J connectivity index is 1.60. The number of hydrogen-bond donors (Lipinski definition) is 2. The SMILES string of the molecule is CCOC(=O)c1csc(NNC(=O)c2csc(-c3ccncc3)n2)n1. The van der Waals surface area contributed by atoms with Crippen molar-refractivity contribution in [1.29, 1.82) is 0 Å². The molecule has 0 atom stereocenters. The van der Waals surface area contributed by atoms with E-state index >= 15 is 0 Å². The first kappa shape index (κ1) is 17.0. The first-order valence-corrected chi connectivity index (χ1v) is 8.98. The Morgan fingerprint density at radius 1 is 1.12 bits per heavy atom. The van der Waals surface area contributed by atoms with Crippen LogP contribution < -0.4 is 10.9 Å². The molecule has 8 nitrogen and oxygen atoms in total. The summed E-state index contributed by atoms with van der Waals surface area (Å²) in [6, 6.07) is 3.65. The maximum absolute atomic E-state index is 12.1. The molecule has 0 aliphatic rings. The van der Waals surface area contributed by atoms with Crippen molar-refractivity contribution >= 4 is 39.7 Å². The van der Waals surface area contributed by atoms with Crippen LogP contribution >= 0.6 is 22.7 Å². The fourth-order valence-electron chi connectivity index (χ4n) is 1.81. The lowest BCUT2D eigenvalue weighted by molar-refractivity contribution is 0.0520. The molecule has 25 heavy (non-hydrogen) atoms. The Bertz CT molecular complexity index is 878. The average molecular weight is 375 g/mol. The number of hydrogen-bond acceptors (Lipinski definition) is 9. The van der Waals surface area contributed by atoms with Crippen molar-refractivity contribution in [3.63, 3.8) is 0 Å². The molecular weight excluding hydrogens is 362 g/mol. The summed E-state index contributed by atoms with van der Waals surface area (Å²) in [5, 5.41) is 4.32. The van der Waals surface area contributed by atoms with Crippen LogP contribution in [0.15, 0.2) is 35.3 Å². The third-order valence-electron chi connectivity index (χ3n) is 2.94. The third-order valence-corrected chi connectivity index (χ3v) is 4.58. The molecule has 0 radical (unpaired) electrons. The van der Waals surface area contributed by atoms with Crippen molar-refractivity contribution in [2.24, 2.45) is 0 Å². The van der Waals surface area contributed by atoms with E-state index in [0.29, 0.717) is 5.13 Å². The lowest BCUT2D eigenvalue weighted by atomic mass is 10.3. The fourth-order valence-corrected chi connectivity index (χ4v) is 3.25. The summed E-state index contributed by atoms with van der Waals surface area (Å²) in [5.41, 5.74) is 6.54. The molecule has 0 spiro atoms. The zero-order chi connectivity index (χ0) is 17.6. The van der Waals surface area contributed by atoms with E-state index in [1.807, 2.05) is 12.1 Å². The van der Waals surface area contributed by atoms with Gasteiger partial charge in [0.15, 0.2) is 5.69 Å². The number of rotatable bonds is 6. The van der Waals surface area contributed by atoms with E-state index in [2.05, 4.69) is 25.8 Å². The summed E-state index contributed by atoms with van der Waals surface area (Å²) in [4.78, 5) is 36.0. The summed E-state index contributed by atoms with van der Waals surface area (Å²) in [6.07, 6.45) is 3.34. The Hall–Kier alpha value is -2.85. The van der Waals surface area contributed by atoms with Crippen LogP contribution in [0.25, 0.3) is 10.6 Å². The average Bonchev–Trinajstić information content (AvgIpc) is 3.30. The summed E-state index contributed by atoms with van der Waals surface area (Å²) >= 11 is 2.54. The standard InChI is InChI=1S/C15H13N5O3S2/c1-2-23-14(22)11-8-25-15(18-11)20-19-12(21)10-7-24-13(17-10)9-3-5-16-6-4-9/h3-8H,2H2,1H3,(H,18,20)(H,19,21). The van der Waals surface area contributed by atoms with Gasteiger partial charge >= 0.3 is 5.97 Å². The summed E-state index contributed by atoms with van der Waals surface area (Å²) in [6.45, 7) is 2.00. The van der Waals surface area contributed by atoms with Gasteiger partial charge < -0.3 is 4.74 Å². The lowest BCUT2D eigenvalue weighted by Crippen LogP contribution is -2.29. The van der Waals surface area contributed by atoms with Gasteiger partial charge in [0.05, 0.1) is 6.61 Å². The van der Waals surface area contributed by atoms with Gasteiger partial charge in [0.1, 0.15) is 10.7 Å². The zero-order valence-electron chi connectivity index (χ0n) is 13.1. The number of hydrazine groups is 1. The number of carbonyl (C=O) groups excluding carboxylic acids is 2. The molecule has 3 rings (SSSR count). The molecule has 0 aliphatic heterocycles. The molecule has 0 bridgehead atoms. The topological polar surface area (TPSA) is 106 Å². The Morgan fingerprint density at radius 2 is 1.88 bits per heavy atom. The number of esters is 1. The van der Waals surface area contributed by atoms with E-state index in [-0.39, 0.29) is 18.0 Å². The van der Waals surface area contributed by atoms with Gasteiger partial charge in [-0.1, -0.05) is 0 Å². The highest BCUT2D eigenvalue weighted by atomic mass is 32.1. The number of nitrogens with zero attached hydrogens (tertiary/aromatic N) is 3. The van der Waals surface area contributed by atoms with Crippen LogP contribution in [0.2, 0.25) is 0 Å². The van der Waals surface area contributed by atoms with E-state index in [4.69, 9.17) is 4.74 Å². The normalized spacial score (nSPS) is 10.3. The molecule has 2 N–H and O–H groups in total. The van der Waals surface area contributed by atoms with E-state index in [0.717, 1.165) is 10.6 Å². The van der Waals surface area contributed by atoms with E-state index in [1.54, 1.807) is 30.1 Å². The maximum Gasteiger partial charge on any atom is 0.357 e. The molecule has 3 heterocycles. The van der Waals surface area contributed by atoms with Crippen molar-refractivity contribution < 1.29 is 14.3 Å². The second-order valence-corrected chi connectivity index (χ2v) is 6.33. The molecule has 3 aromatic rings. The highest BCUT2D eigenvalue weighted by molar-refractivity contribution is 7.14. The van der Waals surface area contributed by atoms with Crippen LogP contribution in [-0.4, -0.2) is 33.4 Å². The minimum atomic E-state index is -0.500. The first-order chi connectivity index (χ1) is 12.2. The second kappa shape index (κ2) is 7.81. The minimum Gasteiger partial charge on any atom is -0.461 e. The van der Waals surface area contributed by atoms with Gasteiger partial charge in [-0.2, -0.15) is 0 Å². The van der Waals surface area contributed by atoms with Crippen LogP contribution in [0, 0.1) is 0 Å². The van der Waals surface area contributed by atoms with Crippen molar-refractivity contribution in [3.8, 4) is 10.6 Å². The third kappa shape index (κ3) is 4.17. The van der Waals surface area contributed by atoms with Gasteiger partial charge in [-0.05, 0) is 19.1 Å². The second-order valence-electron chi connectivity index (χ2n) is 4.61. The van der Waals surface area contributed by atoms with Crippen LogP contribution in [0.3, 0.4) is 0 Å². The number of aromatic nitrogens is 3. The van der Waals surface area contributed by atoms with Crippen molar-refractivity contribution in [2.45, 2.75) is 6.92 Å². The van der Waals surface area contributed by atoms with Gasteiger partial charge in [0.2, 0.25) is 5.13 Å². The summed E-state index contributed by atoms with van der Waals surface area (Å²) < 4.78 is 4.86. The van der Waals surface area contributed by atoms with E-state index in [9.17, 15) is 9.59 Å². The van der Waals surface area contributed by atoms with E-state index < -0.39 is 11.9 Å². The van der Waals surface area contributed by atoms with Crippen molar-refractivity contribution in [3.05, 3.63) is 46.7 Å². The molecule has 0 unspecified atom stereocenters. The number of thiazole rings is 2. The monoisotopic (exact) mass is 375 g/mol. The first-order valence-electron chi connectivity index (χ1n) is 7.22. The Labute approximate surface area is 150 Å². The van der Waals surface area contributed by atoms with Gasteiger partial charge in [-0.3, -0.25) is 20.6 Å². The smallest absolute Gasteiger partial charge is 0.357 e. The predicted octanol–water partition coefficient (Wildman–Crippen LogP) is 2.60. The van der Waals surface area contributed by atoms with Crippen LogP contribution in [0.1, 0.15) is 27.9 Å². The molecule has 0 aliphatic carbocycles. The summed E-state index contributed by atoms with van der Waals surface area (Å²) in [7, 11) is 0. The quantitative estimate of drug-likeness (QED) is 0.504. The molecule has 0 aromatic carbocycles. The fraction of sp³-hybridized carbons (Fsp3) is 0.133. The maximum atomic E-state index is 12.1. The van der Waals surface area contributed by atoms with E-state index in [1.165, 1.54) is 22.7 Å². The molecule has 0 saturated heterocycles. The predicted molar refractivity (Wildman–Crippen MR) is 94.5 cm³/mol.